The van der Waals surface area contributed by atoms with Gasteiger partial charge in [0, 0.05) is 61.8 Å². The van der Waals surface area contributed by atoms with Crippen LogP contribution in [-0.2, 0) is 40.5 Å². The van der Waals surface area contributed by atoms with E-state index in [0.717, 1.165) is 34.8 Å². The topological polar surface area (TPSA) is 406 Å². The minimum atomic E-state index is -5.01. The Bertz CT molecular complexity index is 4440. The molecule has 0 aliphatic rings. The molecular formula is C55H58N14O14S6. The number of hydrogen-bond donors (Lipinski definition) is 8. The number of aryl methyl sites for hydroxylation is 2. The summed E-state index contributed by atoms with van der Waals surface area (Å²) >= 11 is 1.77. The lowest BCUT2D eigenvalue weighted by atomic mass is 10.2. The Morgan fingerprint density at radius 3 is 1.17 bits per heavy atom. The van der Waals surface area contributed by atoms with Gasteiger partial charge in [-0.1, -0.05) is 12.1 Å². The van der Waals surface area contributed by atoms with Crippen molar-refractivity contribution in [2.24, 2.45) is 20.5 Å². The molecule has 9 rings (SSSR count). The van der Waals surface area contributed by atoms with Crippen molar-refractivity contribution < 1.29 is 62.1 Å². The van der Waals surface area contributed by atoms with Crippen LogP contribution >= 0.6 is 22.7 Å². The maximum absolute atomic E-state index is 13.0. The fraction of sp³-hybridized carbons (Fsp3) is 0.255. The van der Waals surface area contributed by atoms with E-state index in [1.807, 2.05) is 37.5 Å². The lowest BCUT2D eigenvalue weighted by Crippen LogP contribution is -2.31. The number of aliphatic hydroxyl groups excluding tert-OH is 2. The van der Waals surface area contributed by atoms with Crippen LogP contribution < -0.4 is 25.3 Å². The first-order valence-corrected chi connectivity index (χ1v) is 34.4. The molecule has 0 saturated carbocycles. The van der Waals surface area contributed by atoms with E-state index in [1.165, 1.54) is 55.1 Å². The molecule has 0 unspecified atom stereocenters. The number of aliphatic hydroxyl groups is 2. The zero-order chi connectivity index (χ0) is 64.3. The van der Waals surface area contributed by atoms with Crippen molar-refractivity contribution in [1.29, 1.82) is 0 Å². The molecular weight excluding hydrogens is 1270 g/mol. The fourth-order valence-electron chi connectivity index (χ4n) is 9.51. The van der Waals surface area contributed by atoms with Crippen LogP contribution in [0.5, 0.6) is 0 Å². The molecule has 0 amide bonds. The molecule has 0 spiro atoms. The molecule has 0 atom stereocenters. The average Bonchev–Trinajstić information content (AvgIpc) is 1.69. The number of thiazole rings is 2. The zero-order valence-corrected chi connectivity index (χ0v) is 53.1. The number of nitrogens with one attached hydrogen (secondary N) is 2. The van der Waals surface area contributed by atoms with Crippen molar-refractivity contribution >= 4 is 147 Å². The van der Waals surface area contributed by atoms with Gasteiger partial charge < -0.3 is 35.5 Å². The highest BCUT2D eigenvalue weighted by atomic mass is 32.2. The monoisotopic (exact) mass is 1330 g/mol. The van der Waals surface area contributed by atoms with E-state index < -0.39 is 50.3 Å². The fourth-order valence-corrected chi connectivity index (χ4v) is 15.4. The number of azo groups is 2. The number of fused-ring (bicyclic) bond motifs is 2. The molecule has 9 aromatic rings. The third-order valence-corrected chi connectivity index (χ3v) is 20.2. The minimum absolute atomic E-state index is 0.0371. The molecule has 3 aromatic heterocycles. The summed E-state index contributed by atoms with van der Waals surface area (Å²) in [6.07, 6.45) is 0. The Morgan fingerprint density at radius 1 is 0.449 bits per heavy atom. The first kappa shape index (κ1) is 65.3. The first-order valence-electron chi connectivity index (χ1n) is 27.0. The van der Waals surface area contributed by atoms with Gasteiger partial charge in [0.25, 0.3) is 40.5 Å². The van der Waals surface area contributed by atoms with Crippen molar-refractivity contribution in [3.63, 3.8) is 0 Å². The highest BCUT2D eigenvalue weighted by molar-refractivity contribution is 7.87. The van der Waals surface area contributed by atoms with E-state index in [0.29, 0.717) is 37.6 Å². The summed E-state index contributed by atoms with van der Waals surface area (Å²) in [5.41, 5.74) is 2.77. The van der Waals surface area contributed by atoms with Gasteiger partial charge in [0.05, 0.1) is 45.0 Å². The molecule has 0 aliphatic carbocycles. The van der Waals surface area contributed by atoms with Crippen molar-refractivity contribution in [2.75, 3.05) is 77.8 Å². The smallest absolute Gasteiger partial charge is 0.296 e. The number of benzene rings is 6. The number of anilines is 7. The Hall–Kier alpha value is -8.13. The normalized spacial score (nSPS) is 12.4. The van der Waals surface area contributed by atoms with E-state index in [9.17, 15) is 62.1 Å². The van der Waals surface area contributed by atoms with Crippen LogP contribution in [0.3, 0.4) is 0 Å². The Morgan fingerprint density at radius 2 is 0.820 bits per heavy atom. The molecule has 0 aliphatic heterocycles. The van der Waals surface area contributed by atoms with Crippen LogP contribution in [-0.4, -0.2) is 139 Å². The lowest BCUT2D eigenvalue weighted by molar-refractivity contribution is 0.280. The molecule has 0 fully saturated rings. The van der Waals surface area contributed by atoms with Gasteiger partial charge in [-0.2, -0.15) is 48.6 Å². The lowest BCUT2D eigenvalue weighted by Gasteiger charge is -2.24. The van der Waals surface area contributed by atoms with Gasteiger partial charge >= 0.3 is 0 Å². The van der Waals surface area contributed by atoms with Crippen molar-refractivity contribution in [2.45, 2.75) is 61.1 Å². The van der Waals surface area contributed by atoms with Crippen LogP contribution in [0.4, 0.5) is 63.3 Å². The van der Waals surface area contributed by atoms with Gasteiger partial charge in [-0.3, -0.25) is 18.2 Å². The molecule has 0 radical (unpaired) electrons. The Kier molecular flexibility index (Phi) is 19.5. The Balaban J connectivity index is 1.12. The van der Waals surface area contributed by atoms with Gasteiger partial charge in [-0.05, 0) is 138 Å². The largest absolute Gasteiger partial charge is 0.395 e. The second-order valence-corrected chi connectivity index (χ2v) is 27.0. The molecule has 34 heteroatoms. The van der Waals surface area contributed by atoms with Gasteiger partial charge in [-0.15, -0.1) is 43.1 Å². The van der Waals surface area contributed by atoms with E-state index in [1.54, 1.807) is 48.5 Å². The SMILES string of the molecule is CCN(CC)c1ccc(/N=N/c2ccc(-c3nc4ccc(C)c(S(=O)(=O)O)c4s3)cc2S(=O)(=O)O)c(Nc2nc(Nc3cc(N(CC)CC)ccc3/N=N/c3ccc(-c4nc5ccc(C)c(S(=O)(=O)O)c5s4)cc3S(=O)(=O)O)nc(N(CCO)CCO)n2)c1. The molecule has 0 bridgehead atoms. The van der Waals surface area contributed by atoms with Gasteiger partial charge in [0.15, 0.2) is 0 Å². The number of nitrogens with zero attached hydrogens (tertiary/aromatic N) is 12. The third kappa shape index (κ3) is 14.6. The van der Waals surface area contributed by atoms with E-state index in [4.69, 9.17) is 4.98 Å². The minimum Gasteiger partial charge on any atom is -0.395 e. The molecule has 8 N–H and O–H groups in total. The molecule has 468 valence electrons. The highest BCUT2D eigenvalue weighted by Crippen LogP contribution is 2.42. The second kappa shape index (κ2) is 26.5. The van der Waals surface area contributed by atoms with Crippen molar-refractivity contribution in [3.05, 3.63) is 108 Å². The average molecular weight is 1330 g/mol. The Labute approximate surface area is 519 Å². The van der Waals surface area contributed by atoms with Crippen LogP contribution in [0, 0.1) is 13.8 Å². The standard InChI is InChI=1S/C55H58N14O14S6/c1-7-67(8-2)35-15-21-37(63-65-39-19-13-33(27-45(39)86(72,73)74)51-56-41-17-11-31(5)49(47(41)84-51)88(78,79)80)43(29-35)58-53-60-54(62-55(61-53)69(23-25-70)24-26-71)59-44-30-36(68(9-3)10-4)16-22-38(44)64-66-40-20-14-34(28-46(40)87(75,76)77)52-57-42-18-12-32(6)50(48(42)85-52)89(81,82)83/h11-22,27-30,70-71H,7-10,23-26H2,1-6H3,(H,72,73,74)(H,75,76,77)(H,78,79,80)(H,81,82,83)(H2,58,59,60,61,62)/b65-63+,66-64+. The van der Waals surface area contributed by atoms with Crippen LogP contribution in [0.25, 0.3) is 41.6 Å². The van der Waals surface area contributed by atoms with Crippen molar-refractivity contribution in [3.8, 4) is 21.1 Å². The summed E-state index contributed by atoms with van der Waals surface area (Å²) in [5.74, 6) is -0.294. The predicted octanol–water partition coefficient (Wildman–Crippen LogP) is 10.8. The maximum atomic E-state index is 13.0. The summed E-state index contributed by atoms with van der Waals surface area (Å²) in [4.78, 5) is 26.6. The van der Waals surface area contributed by atoms with E-state index >= 15 is 0 Å². The molecule has 89 heavy (non-hydrogen) atoms. The number of rotatable bonds is 25. The van der Waals surface area contributed by atoms with Crippen LogP contribution in [0.15, 0.2) is 137 Å². The first-order chi connectivity index (χ1) is 42.1. The van der Waals surface area contributed by atoms with Gasteiger partial charge in [0.2, 0.25) is 17.8 Å². The highest BCUT2D eigenvalue weighted by Gasteiger charge is 2.26. The van der Waals surface area contributed by atoms with Gasteiger partial charge in [0.1, 0.15) is 52.3 Å². The van der Waals surface area contributed by atoms with Crippen LogP contribution in [0.1, 0.15) is 38.8 Å². The zero-order valence-electron chi connectivity index (χ0n) is 48.2. The summed E-state index contributed by atoms with van der Waals surface area (Å²) in [5, 5.41) is 44.5. The van der Waals surface area contributed by atoms with Gasteiger partial charge in [-0.25, -0.2) is 9.97 Å². The summed E-state index contributed by atoms with van der Waals surface area (Å²) in [6.45, 7) is 12.3. The van der Waals surface area contributed by atoms with Crippen molar-refractivity contribution in [1.82, 2.24) is 24.9 Å². The second-order valence-electron chi connectivity index (χ2n) is 19.5. The predicted molar refractivity (Wildman–Crippen MR) is 340 cm³/mol. The summed E-state index contributed by atoms with van der Waals surface area (Å²) in [7, 11) is -19.4. The molecule has 6 aromatic carbocycles. The molecule has 0 saturated heterocycles. The van der Waals surface area contributed by atoms with Crippen LogP contribution in [0.2, 0.25) is 0 Å². The van der Waals surface area contributed by atoms with E-state index in [-0.39, 0.29) is 141 Å². The van der Waals surface area contributed by atoms with E-state index in [2.05, 4.69) is 51.0 Å². The molecule has 28 nitrogen and oxygen atoms in total. The summed E-state index contributed by atoms with van der Waals surface area (Å²) < 4.78 is 143. The quantitative estimate of drug-likeness (QED) is 0.0195. The molecule has 3 heterocycles. The number of hydrogen-bond acceptors (Lipinski definition) is 26. The summed E-state index contributed by atoms with van der Waals surface area (Å²) in [6, 6.07) is 23.9. The number of aromatic nitrogens is 5. The third-order valence-electron chi connectivity index (χ3n) is 13.8. The maximum Gasteiger partial charge on any atom is 0.296 e.